The van der Waals surface area contributed by atoms with Gasteiger partial charge in [-0.05, 0) is 59.0 Å². The van der Waals surface area contributed by atoms with E-state index in [1.807, 2.05) is 7.05 Å². The number of thiophene rings is 1. The molecule has 2 N–H and O–H groups in total. The largest absolute Gasteiger partial charge is 0.484 e. The lowest BCUT2D eigenvalue weighted by Gasteiger charge is -2.34. The molecular weight excluding hydrogens is 530 g/mol. The van der Waals surface area contributed by atoms with E-state index < -0.39 is 23.9 Å². The highest BCUT2D eigenvalue weighted by Gasteiger charge is 2.42. The number of rotatable bonds is 9. The van der Waals surface area contributed by atoms with E-state index in [0.717, 1.165) is 11.3 Å². The molecule has 1 amide bonds. The fourth-order valence-electron chi connectivity index (χ4n) is 4.69. The predicted octanol–water partition coefficient (Wildman–Crippen LogP) is 6.64. The van der Waals surface area contributed by atoms with Crippen LogP contribution >= 0.6 is 22.9 Å². The van der Waals surface area contributed by atoms with Gasteiger partial charge in [0, 0.05) is 28.2 Å². The molecule has 38 heavy (non-hydrogen) atoms. The van der Waals surface area contributed by atoms with Crippen molar-refractivity contribution >= 4 is 39.9 Å². The first-order valence-corrected chi connectivity index (χ1v) is 13.6. The second-order valence-corrected chi connectivity index (χ2v) is 10.9. The average molecular weight is 561 g/mol. The molecular formula is C28H31ClF2N4O2S. The summed E-state index contributed by atoms with van der Waals surface area (Å²) in [5.74, 6) is -4.08. The van der Waals surface area contributed by atoms with Crippen LogP contribution in [0.4, 0.5) is 8.78 Å². The summed E-state index contributed by atoms with van der Waals surface area (Å²) in [4.78, 5) is 18.9. The number of benzene rings is 1. The molecule has 1 saturated heterocycles. The number of piperidine rings is 1. The number of alkyl halides is 2. The number of nitrogens with two attached hydrogens (primary N) is 1. The van der Waals surface area contributed by atoms with Crippen LogP contribution in [0.3, 0.4) is 0 Å². The van der Waals surface area contributed by atoms with Crippen molar-refractivity contribution in [1.82, 2.24) is 14.5 Å². The Morgan fingerprint density at radius 3 is 2.68 bits per heavy atom. The maximum atomic E-state index is 15.5. The van der Waals surface area contributed by atoms with E-state index in [0.29, 0.717) is 52.6 Å². The second kappa shape index (κ2) is 11.4. The van der Waals surface area contributed by atoms with Crippen molar-refractivity contribution in [3.8, 4) is 10.8 Å². The van der Waals surface area contributed by atoms with Crippen molar-refractivity contribution < 1.29 is 18.3 Å². The third kappa shape index (κ3) is 5.55. The van der Waals surface area contributed by atoms with Gasteiger partial charge in [0.25, 0.3) is 11.8 Å². The summed E-state index contributed by atoms with van der Waals surface area (Å²) in [7, 11) is 1.95. The fraction of sp³-hybridized carbons (Fsp3) is 0.357. The number of carbonyl (C=O) groups is 1. The summed E-state index contributed by atoms with van der Waals surface area (Å²) in [5, 5.41) is 1.06. The third-order valence-corrected chi connectivity index (χ3v) is 8.44. The number of amides is 1. The Labute approximate surface area is 230 Å². The van der Waals surface area contributed by atoms with Crippen LogP contribution in [0.2, 0.25) is 0 Å². The normalized spacial score (nSPS) is 17.1. The number of likely N-dealkylation sites (tertiary alicyclic amines) is 1. The average Bonchev–Trinajstić information content (AvgIpc) is 3.50. The number of imidazole rings is 1. The van der Waals surface area contributed by atoms with Gasteiger partial charge in [0.1, 0.15) is 28.1 Å². The molecule has 6 nitrogen and oxygen atoms in total. The van der Waals surface area contributed by atoms with Gasteiger partial charge in [0.2, 0.25) is 0 Å². The van der Waals surface area contributed by atoms with Gasteiger partial charge in [0.15, 0.2) is 0 Å². The van der Waals surface area contributed by atoms with Gasteiger partial charge in [0.05, 0.1) is 11.0 Å². The standard InChI is InChI=1S/C28H31ClF2N4O2S/c1-5-7-20(21(29)6-2)17(3)37-24-15-25(38-26(24)27(32)36)35-16-33-22-9-8-19(14-23(22)35)28(30,31)18-10-12-34(4)13-11-18/h5-9,14-18H,1,10-13H2,2-4H3,(H2,32,36)/b20-7-,21-6+. The molecule has 2 aromatic heterocycles. The number of ether oxygens (including phenoxy) is 1. The fourth-order valence-corrected chi connectivity index (χ4v) is 5.84. The minimum atomic E-state index is -2.97. The van der Waals surface area contributed by atoms with Crippen LogP contribution in [0.15, 0.2) is 66.0 Å². The van der Waals surface area contributed by atoms with Crippen molar-refractivity contribution in [2.24, 2.45) is 11.7 Å². The minimum absolute atomic E-state index is 0.0433. The van der Waals surface area contributed by atoms with Crippen molar-refractivity contribution in [3.05, 3.63) is 76.4 Å². The number of aromatic nitrogens is 2. The highest BCUT2D eigenvalue weighted by molar-refractivity contribution is 7.16. The number of primary amides is 1. The number of hydrogen-bond acceptors (Lipinski definition) is 5. The number of allylic oxidation sites excluding steroid dienone is 3. The number of fused-ring (bicyclic) bond motifs is 1. The highest BCUT2D eigenvalue weighted by Crippen LogP contribution is 2.43. The predicted molar refractivity (Wildman–Crippen MR) is 150 cm³/mol. The first kappa shape index (κ1) is 28.0. The van der Waals surface area contributed by atoms with E-state index in [1.54, 1.807) is 55.1 Å². The van der Waals surface area contributed by atoms with E-state index in [-0.39, 0.29) is 16.2 Å². The summed E-state index contributed by atoms with van der Waals surface area (Å²) in [6, 6.07) is 6.22. The second-order valence-electron chi connectivity index (χ2n) is 9.42. The molecule has 202 valence electrons. The highest BCUT2D eigenvalue weighted by atomic mass is 35.5. The van der Waals surface area contributed by atoms with Crippen LogP contribution in [0, 0.1) is 5.92 Å². The monoisotopic (exact) mass is 560 g/mol. The number of halogens is 3. The van der Waals surface area contributed by atoms with Gasteiger partial charge in [-0.25, -0.2) is 13.8 Å². The van der Waals surface area contributed by atoms with Crippen LogP contribution < -0.4 is 10.5 Å². The van der Waals surface area contributed by atoms with E-state index in [9.17, 15) is 4.79 Å². The SMILES string of the molecule is C=C/C=C(\C(Cl)=C/C)C(C)Oc1cc(-n2cnc3ccc(C(F)(F)C4CCN(C)CC4)cc32)sc1C(N)=O. The Bertz CT molecular complexity index is 1400. The van der Waals surface area contributed by atoms with Crippen molar-refractivity contribution in [2.45, 2.75) is 38.7 Å². The quantitative estimate of drug-likeness (QED) is 0.298. The molecule has 1 fully saturated rings. The van der Waals surface area contributed by atoms with Crippen LogP contribution in [-0.2, 0) is 5.92 Å². The van der Waals surface area contributed by atoms with E-state index in [1.165, 1.54) is 12.1 Å². The van der Waals surface area contributed by atoms with Crippen molar-refractivity contribution in [2.75, 3.05) is 20.1 Å². The summed E-state index contributed by atoms with van der Waals surface area (Å²) in [6.45, 7) is 8.62. The van der Waals surface area contributed by atoms with Gasteiger partial charge in [-0.15, -0.1) is 11.3 Å². The Hall–Kier alpha value is -3.01. The number of carbonyl (C=O) groups excluding carboxylic acids is 1. The molecule has 1 aliphatic heterocycles. The van der Waals surface area contributed by atoms with Gasteiger partial charge in [-0.2, -0.15) is 0 Å². The molecule has 1 atom stereocenters. The van der Waals surface area contributed by atoms with Crippen LogP contribution in [0.1, 0.15) is 41.9 Å². The van der Waals surface area contributed by atoms with Gasteiger partial charge >= 0.3 is 0 Å². The third-order valence-electron chi connectivity index (χ3n) is 6.88. The molecule has 0 radical (unpaired) electrons. The number of nitrogens with zero attached hydrogens (tertiary/aromatic N) is 3. The Morgan fingerprint density at radius 1 is 1.34 bits per heavy atom. The molecule has 0 saturated carbocycles. The van der Waals surface area contributed by atoms with Gasteiger partial charge in [-0.3, -0.25) is 9.36 Å². The van der Waals surface area contributed by atoms with Crippen LogP contribution in [-0.4, -0.2) is 46.6 Å². The molecule has 1 aromatic carbocycles. The zero-order chi connectivity index (χ0) is 27.6. The zero-order valence-electron chi connectivity index (χ0n) is 21.6. The summed E-state index contributed by atoms with van der Waals surface area (Å²) in [6.07, 6.45) is 6.98. The van der Waals surface area contributed by atoms with E-state index in [4.69, 9.17) is 22.1 Å². The molecule has 0 spiro atoms. The molecule has 1 unspecified atom stereocenters. The molecule has 3 heterocycles. The van der Waals surface area contributed by atoms with E-state index in [2.05, 4.69) is 16.5 Å². The molecule has 1 aliphatic rings. The van der Waals surface area contributed by atoms with Crippen molar-refractivity contribution in [1.29, 1.82) is 0 Å². The van der Waals surface area contributed by atoms with Crippen LogP contribution in [0.25, 0.3) is 16.0 Å². The van der Waals surface area contributed by atoms with E-state index >= 15 is 8.78 Å². The lowest BCUT2D eigenvalue weighted by atomic mass is 9.86. The number of hydrogen-bond donors (Lipinski definition) is 1. The molecule has 0 aliphatic carbocycles. The minimum Gasteiger partial charge on any atom is -0.484 e. The zero-order valence-corrected chi connectivity index (χ0v) is 23.2. The first-order valence-electron chi connectivity index (χ1n) is 12.4. The van der Waals surface area contributed by atoms with Crippen LogP contribution in [0.5, 0.6) is 5.75 Å². The Kier molecular flexibility index (Phi) is 8.40. The molecule has 0 bridgehead atoms. The van der Waals surface area contributed by atoms with Crippen molar-refractivity contribution in [3.63, 3.8) is 0 Å². The lowest BCUT2D eigenvalue weighted by Crippen LogP contribution is -2.37. The molecule has 3 aromatic rings. The van der Waals surface area contributed by atoms with Gasteiger partial charge in [-0.1, -0.05) is 42.5 Å². The Balaban J connectivity index is 1.70. The Morgan fingerprint density at radius 2 is 2.05 bits per heavy atom. The smallest absolute Gasteiger partial charge is 0.276 e. The summed E-state index contributed by atoms with van der Waals surface area (Å²) in [5.41, 5.74) is 7.37. The molecule has 4 rings (SSSR count). The maximum Gasteiger partial charge on any atom is 0.276 e. The summed E-state index contributed by atoms with van der Waals surface area (Å²) >= 11 is 7.45. The lowest BCUT2D eigenvalue weighted by molar-refractivity contribution is -0.0836. The first-order chi connectivity index (χ1) is 18.1. The maximum absolute atomic E-state index is 15.5. The topological polar surface area (TPSA) is 73.4 Å². The van der Waals surface area contributed by atoms with Gasteiger partial charge < -0.3 is 15.4 Å². The summed E-state index contributed by atoms with van der Waals surface area (Å²) < 4.78 is 38.9. The molecule has 10 heteroatoms.